The van der Waals surface area contributed by atoms with Gasteiger partial charge in [-0.15, -0.1) is 15.3 Å². The van der Waals surface area contributed by atoms with Crippen LogP contribution >= 0.6 is 0 Å². The molecule has 0 aliphatic carbocycles. The highest BCUT2D eigenvalue weighted by Gasteiger charge is 1.97. The molecule has 0 aliphatic heterocycles. The zero-order valence-corrected chi connectivity index (χ0v) is 21.4. The predicted octanol–water partition coefficient (Wildman–Crippen LogP) is 1.73. The second-order valence-electron chi connectivity index (χ2n) is 7.43. The van der Waals surface area contributed by atoms with Gasteiger partial charge in [-0.1, -0.05) is 5.21 Å². The fraction of sp³-hybridized carbons (Fsp3) is 0.600. The van der Waals surface area contributed by atoms with Gasteiger partial charge in [0.05, 0.1) is 22.8 Å². The molecule has 32 heavy (non-hydrogen) atoms. The van der Waals surface area contributed by atoms with Crippen LogP contribution in [0, 0.1) is 55.4 Å². The summed E-state index contributed by atoms with van der Waals surface area (Å²) in [5, 5.41) is 27.3. The van der Waals surface area contributed by atoms with Gasteiger partial charge in [0.15, 0.2) is 0 Å². The average molecular weight is 445 g/mol. The van der Waals surface area contributed by atoms with Crippen molar-refractivity contribution < 1.29 is 0 Å². The minimum absolute atomic E-state index is 0.838. The predicted molar refractivity (Wildman–Crippen MR) is 122 cm³/mol. The van der Waals surface area contributed by atoms with Gasteiger partial charge in [-0.05, 0) is 55.4 Å². The first kappa shape index (κ1) is 26.6. The standard InChI is InChI=1S/4C5H9N3/c1-4-6-7-5(2)8(4)3;1-4-6-5(2)8(3)7-4;1-4-5(2)8(3)7-6-4;1-4-5(2)7-8(3)6-4/h4*1-3H3. The lowest BCUT2D eigenvalue weighted by atomic mass is 10.4. The summed E-state index contributed by atoms with van der Waals surface area (Å²) in [6.07, 6.45) is 0. The van der Waals surface area contributed by atoms with Crippen molar-refractivity contribution in [3.05, 3.63) is 46.1 Å². The molecule has 4 rings (SSSR count). The number of hydrogen-bond acceptors (Lipinski definition) is 8. The maximum absolute atomic E-state index is 4.06. The minimum atomic E-state index is 0.838. The normalized spacial score (nSPS) is 9.88. The van der Waals surface area contributed by atoms with Crippen molar-refractivity contribution in [2.24, 2.45) is 28.2 Å². The molecule has 0 saturated heterocycles. The van der Waals surface area contributed by atoms with Gasteiger partial charge >= 0.3 is 0 Å². The summed E-state index contributed by atoms with van der Waals surface area (Å²) in [6, 6.07) is 0. The second-order valence-corrected chi connectivity index (χ2v) is 7.43. The summed E-state index contributed by atoms with van der Waals surface area (Å²) in [4.78, 5) is 5.64. The Morgan fingerprint density at radius 3 is 1.16 bits per heavy atom. The van der Waals surface area contributed by atoms with Crippen molar-refractivity contribution in [1.82, 2.24) is 59.5 Å². The summed E-state index contributed by atoms with van der Waals surface area (Å²) >= 11 is 0. The van der Waals surface area contributed by atoms with Crippen molar-refractivity contribution >= 4 is 0 Å². The Balaban J connectivity index is 0.000000213. The molecule has 12 heteroatoms. The van der Waals surface area contributed by atoms with Crippen LogP contribution in [0.2, 0.25) is 0 Å². The summed E-state index contributed by atoms with van der Waals surface area (Å²) in [7, 11) is 7.54. The third kappa shape index (κ3) is 8.00. The van der Waals surface area contributed by atoms with Crippen LogP contribution in [-0.2, 0) is 28.2 Å². The molecular formula is C20H36N12. The van der Waals surface area contributed by atoms with E-state index in [-0.39, 0.29) is 0 Å². The van der Waals surface area contributed by atoms with Gasteiger partial charge in [-0.25, -0.2) is 4.98 Å². The lowest BCUT2D eigenvalue weighted by molar-refractivity contribution is 0.646. The maximum Gasteiger partial charge on any atom is 0.147 e. The Morgan fingerprint density at radius 2 is 1.03 bits per heavy atom. The lowest BCUT2D eigenvalue weighted by Crippen LogP contribution is -1.92. The van der Waals surface area contributed by atoms with Crippen molar-refractivity contribution in [2.75, 3.05) is 0 Å². The van der Waals surface area contributed by atoms with Gasteiger partial charge in [0.2, 0.25) is 0 Å². The van der Waals surface area contributed by atoms with E-state index < -0.39 is 0 Å². The fourth-order valence-electron chi connectivity index (χ4n) is 2.24. The molecule has 0 aliphatic rings. The maximum atomic E-state index is 4.06. The van der Waals surface area contributed by atoms with Gasteiger partial charge < -0.3 is 4.57 Å². The highest BCUT2D eigenvalue weighted by atomic mass is 15.5. The Morgan fingerprint density at radius 1 is 0.531 bits per heavy atom. The first-order valence-electron chi connectivity index (χ1n) is 10.2. The van der Waals surface area contributed by atoms with Crippen LogP contribution in [0.4, 0.5) is 0 Å². The van der Waals surface area contributed by atoms with Gasteiger partial charge in [0.1, 0.15) is 23.3 Å². The van der Waals surface area contributed by atoms with Crippen LogP contribution in [0.5, 0.6) is 0 Å². The SMILES string of the molecule is Cc1nc(C)n(C)n1.Cc1nn(C)nc1C.Cc1nnc(C)n1C.Cc1nnn(C)c1C. The van der Waals surface area contributed by atoms with Crippen LogP contribution in [0.25, 0.3) is 0 Å². The van der Waals surface area contributed by atoms with Crippen LogP contribution in [0.15, 0.2) is 0 Å². The molecule has 176 valence electrons. The summed E-state index contributed by atoms with van der Waals surface area (Å²) < 4.78 is 5.46. The third-order valence-electron chi connectivity index (χ3n) is 4.85. The highest BCUT2D eigenvalue weighted by molar-refractivity contribution is 5.03. The molecule has 0 bridgehead atoms. The third-order valence-corrected chi connectivity index (χ3v) is 4.85. The highest BCUT2D eigenvalue weighted by Crippen LogP contribution is 1.96. The molecular weight excluding hydrogens is 408 g/mol. The van der Waals surface area contributed by atoms with E-state index in [1.54, 1.807) is 14.2 Å². The van der Waals surface area contributed by atoms with Gasteiger partial charge in [-0.3, -0.25) is 9.36 Å². The lowest BCUT2D eigenvalue weighted by Gasteiger charge is -1.90. The monoisotopic (exact) mass is 444 g/mol. The van der Waals surface area contributed by atoms with E-state index in [4.69, 9.17) is 0 Å². The van der Waals surface area contributed by atoms with Crippen molar-refractivity contribution in [3.63, 3.8) is 0 Å². The zero-order valence-electron chi connectivity index (χ0n) is 21.4. The second kappa shape index (κ2) is 11.8. The van der Waals surface area contributed by atoms with E-state index in [0.29, 0.717) is 0 Å². The van der Waals surface area contributed by atoms with Crippen LogP contribution in [0.3, 0.4) is 0 Å². The molecule has 0 atom stereocenters. The first-order chi connectivity index (χ1) is 14.8. The topological polar surface area (TPSA) is 123 Å². The molecule has 4 aromatic rings. The summed E-state index contributed by atoms with van der Waals surface area (Å²) in [5.74, 6) is 3.72. The molecule has 0 aromatic carbocycles. The Hall–Kier alpha value is -3.44. The van der Waals surface area contributed by atoms with Crippen LogP contribution in [-0.4, -0.2) is 59.5 Å². The van der Waals surface area contributed by atoms with E-state index in [1.165, 1.54) is 0 Å². The van der Waals surface area contributed by atoms with Crippen molar-refractivity contribution in [2.45, 2.75) is 55.4 Å². The quantitative estimate of drug-likeness (QED) is 0.402. The smallest absolute Gasteiger partial charge is 0.147 e. The van der Waals surface area contributed by atoms with E-state index >= 15 is 0 Å². The van der Waals surface area contributed by atoms with Gasteiger partial charge in [0, 0.05) is 28.2 Å². The molecule has 4 heterocycles. The van der Waals surface area contributed by atoms with E-state index in [0.717, 1.165) is 46.1 Å². The van der Waals surface area contributed by atoms with Gasteiger partial charge in [0.25, 0.3) is 0 Å². The zero-order chi connectivity index (χ0) is 24.6. The van der Waals surface area contributed by atoms with Gasteiger partial charge in [-0.2, -0.15) is 20.1 Å². The Bertz CT molecular complexity index is 946. The molecule has 0 fully saturated rings. The fourth-order valence-corrected chi connectivity index (χ4v) is 2.24. The molecule has 4 aromatic heterocycles. The summed E-state index contributed by atoms with van der Waals surface area (Å²) in [5.41, 5.74) is 4.15. The number of hydrogen-bond donors (Lipinski definition) is 0. The summed E-state index contributed by atoms with van der Waals surface area (Å²) in [6.45, 7) is 15.5. The molecule has 0 N–H and O–H groups in total. The van der Waals surface area contributed by atoms with E-state index in [1.807, 2.05) is 88.1 Å². The largest absolute Gasteiger partial charge is 0.319 e. The van der Waals surface area contributed by atoms with E-state index in [9.17, 15) is 0 Å². The first-order valence-corrected chi connectivity index (χ1v) is 10.2. The number of aryl methyl sites for hydroxylation is 10. The number of aromatic nitrogens is 12. The minimum Gasteiger partial charge on any atom is -0.319 e. The van der Waals surface area contributed by atoms with Crippen LogP contribution < -0.4 is 0 Å². The molecule has 12 nitrogen and oxygen atoms in total. The van der Waals surface area contributed by atoms with Crippen molar-refractivity contribution in [1.29, 1.82) is 0 Å². The number of nitrogens with zero attached hydrogens (tertiary/aromatic N) is 12. The van der Waals surface area contributed by atoms with E-state index in [2.05, 4.69) is 40.8 Å². The Kier molecular flexibility index (Phi) is 9.82. The average Bonchev–Trinajstić information content (AvgIpc) is 3.38. The molecule has 0 amide bonds. The van der Waals surface area contributed by atoms with Crippen LogP contribution in [0.1, 0.15) is 46.1 Å². The van der Waals surface area contributed by atoms with Crippen molar-refractivity contribution in [3.8, 4) is 0 Å². The molecule has 0 unspecified atom stereocenters. The molecule has 0 spiro atoms. The Labute approximate surface area is 189 Å². The molecule has 0 radical (unpaired) electrons. The number of rotatable bonds is 0. The molecule has 0 saturated carbocycles.